The third-order valence-corrected chi connectivity index (χ3v) is 4.42. The second-order valence-corrected chi connectivity index (χ2v) is 5.50. The van der Waals surface area contributed by atoms with Gasteiger partial charge in [0.2, 0.25) is 0 Å². The van der Waals surface area contributed by atoms with E-state index < -0.39 is 0 Å². The Labute approximate surface area is 104 Å². The monoisotopic (exact) mass is 246 g/mol. The van der Waals surface area contributed by atoms with E-state index in [9.17, 15) is 4.79 Å². The summed E-state index contributed by atoms with van der Waals surface area (Å²) >= 11 is 1.74. The number of Topliss-reactive ketones (excluding diaryl/α,β-unsaturated/α-hetero) is 1. The highest BCUT2D eigenvalue weighted by atomic mass is 32.2. The fraction of sp³-hybridized carbons (Fsp3) is 0.385. The molecule has 17 heavy (non-hydrogen) atoms. The third-order valence-electron chi connectivity index (χ3n) is 3.29. The highest BCUT2D eigenvalue weighted by Gasteiger charge is 2.26. The van der Waals surface area contributed by atoms with Crippen LogP contribution in [0, 0.1) is 5.92 Å². The summed E-state index contributed by atoms with van der Waals surface area (Å²) in [6.07, 6.45) is 0.785. The van der Waals surface area contributed by atoms with Crippen LogP contribution in [0.2, 0.25) is 0 Å². The molecule has 3 nitrogen and oxygen atoms in total. The Hall–Kier alpha value is -1.29. The van der Waals surface area contributed by atoms with Gasteiger partial charge >= 0.3 is 0 Å². The number of hydrogen-bond acceptors (Lipinski definition) is 3. The number of fused-ring (bicyclic) bond motifs is 1. The molecule has 88 valence electrons. The smallest absolute Gasteiger partial charge is 0.147 e. The molecule has 1 aromatic carbocycles. The van der Waals surface area contributed by atoms with Gasteiger partial charge in [-0.25, -0.2) is 0 Å². The molecule has 0 spiro atoms. The molecule has 4 heteroatoms. The van der Waals surface area contributed by atoms with Crippen LogP contribution in [-0.4, -0.2) is 27.1 Å². The van der Waals surface area contributed by atoms with Crippen molar-refractivity contribution >= 4 is 28.4 Å². The Kier molecular flexibility index (Phi) is 2.67. The van der Waals surface area contributed by atoms with E-state index in [4.69, 9.17) is 0 Å². The van der Waals surface area contributed by atoms with Crippen LogP contribution in [0.5, 0.6) is 0 Å². The minimum absolute atomic E-state index is 0.165. The molecule has 1 aliphatic heterocycles. The predicted octanol–water partition coefficient (Wildman–Crippen LogP) is 2.05. The summed E-state index contributed by atoms with van der Waals surface area (Å²) in [7, 11) is 1.96. The molecule has 0 saturated carbocycles. The number of hydrogen-bond donors (Lipinski definition) is 0. The van der Waals surface area contributed by atoms with E-state index in [0.29, 0.717) is 11.5 Å². The number of carbonyl (C=O) groups excluding carboxylic acids is 1. The average Bonchev–Trinajstić information content (AvgIpc) is 2.87. The van der Waals surface area contributed by atoms with E-state index in [1.807, 2.05) is 23.9 Å². The summed E-state index contributed by atoms with van der Waals surface area (Å²) in [6, 6.07) is 8.20. The number of aromatic nitrogens is 2. The quantitative estimate of drug-likeness (QED) is 0.813. The lowest BCUT2D eigenvalue weighted by molar-refractivity contribution is -0.119. The van der Waals surface area contributed by atoms with Gasteiger partial charge in [-0.3, -0.25) is 9.48 Å². The number of benzene rings is 1. The third kappa shape index (κ3) is 1.86. The first-order chi connectivity index (χ1) is 8.25. The summed E-state index contributed by atoms with van der Waals surface area (Å²) < 4.78 is 1.90. The number of para-hydroxylation sites is 1. The number of thioether (sulfide) groups is 1. The SMILES string of the molecule is Cn1nc(CC2CSCC2=O)c2ccccc21. The van der Waals surface area contributed by atoms with E-state index in [-0.39, 0.29) is 5.92 Å². The van der Waals surface area contributed by atoms with Crippen molar-refractivity contribution in [1.29, 1.82) is 0 Å². The van der Waals surface area contributed by atoms with Crippen LogP contribution >= 0.6 is 11.8 Å². The molecule has 0 radical (unpaired) electrons. The van der Waals surface area contributed by atoms with E-state index in [2.05, 4.69) is 17.2 Å². The number of carbonyl (C=O) groups is 1. The Morgan fingerprint density at radius 2 is 2.29 bits per heavy atom. The van der Waals surface area contributed by atoms with Gasteiger partial charge < -0.3 is 0 Å². The standard InChI is InChI=1S/C13H14N2OS/c1-15-12-5-3-2-4-10(12)11(14-15)6-9-7-17-8-13(9)16/h2-5,9H,6-8H2,1H3. The summed E-state index contributed by atoms with van der Waals surface area (Å²) in [6.45, 7) is 0. The van der Waals surface area contributed by atoms with Gasteiger partial charge in [0.1, 0.15) is 5.78 Å². The van der Waals surface area contributed by atoms with Crippen LogP contribution in [0.25, 0.3) is 10.9 Å². The molecule has 1 fully saturated rings. The maximum atomic E-state index is 11.7. The van der Waals surface area contributed by atoms with Crippen molar-refractivity contribution in [1.82, 2.24) is 9.78 Å². The molecule has 0 amide bonds. The molecule has 1 saturated heterocycles. The van der Waals surface area contributed by atoms with Gasteiger partial charge in [0.25, 0.3) is 0 Å². The highest BCUT2D eigenvalue weighted by molar-refractivity contribution is 8.00. The van der Waals surface area contributed by atoms with Crippen molar-refractivity contribution in [2.45, 2.75) is 6.42 Å². The molecule has 1 atom stereocenters. The predicted molar refractivity (Wildman–Crippen MR) is 70.2 cm³/mol. The normalized spacial score (nSPS) is 20.3. The molecule has 0 aliphatic carbocycles. The van der Waals surface area contributed by atoms with Gasteiger partial charge in [-0.05, 0) is 6.07 Å². The van der Waals surface area contributed by atoms with Crippen molar-refractivity contribution in [3.63, 3.8) is 0 Å². The Morgan fingerprint density at radius 3 is 3.06 bits per heavy atom. The Morgan fingerprint density at radius 1 is 1.47 bits per heavy atom. The lowest BCUT2D eigenvalue weighted by Gasteiger charge is -2.03. The zero-order chi connectivity index (χ0) is 11.8. The summed E-state index contributed by atoms with van der Waals surface area (Å²) in [5, 5.41) is 5.72. The molecule has 3 rings (SSSR count). The van der Waals surface area contributed by atoms with Crippen molar-refractivity contribution < 1.29 is 4.79 Å². The van der Waals surface area contributed by atoms with Crippen molar-refractivity contribution in [3.05, 3.63) is 30.0 Å². The van der Waals surface area contributed by atoms with E-state index >= 15 is 0 Å². The molecule has 2 aromatic rings. The maximum absolute atomic E-state index is 11.7. The van der Waals surface area contributed by atoms with Crippen LogP contribution in [0.4, 0.5) is 0 Å². The minimum atomic E-state index is 0.165. The summed E-state index contributed by atoms with van der Waals surface area (Å²) in [5.74, 6) is 2.17. The maximum Gasteiger partial charge on any atom is 0.147 e. The number of rotatable bonds is 2. The minimum Gasteiger partial charge on any atom is -0.298 e. The first-order valence-electron chi connectivity index (χ1n) is 5.77. The van der Waals surface area contributed by atoms with Crippen molar-refractivity contribution in [3.8, 4) is 0 Å². The van der Waals surface area contributed by atoms with Crippen LogP contribution in [0.15, 0.2) is 24.3 Å². The first kappa shape index (κ1) is 10.8. The van der Waals surface area contributed by atoms with Crippen molar-refractivity contribution in [2.24, 2.45) is 13.0 Å². The molecule has 1 unspecified atom stereocenters. The Bertz CT molecular complexity index is 576. The van der Waals surface area contributed by atoms with Crippen LogP contribution in [0.1, 0.15) is 5.69 Å². The molecule has 2 heterocycles. The molecular formula is C13H14N2OS. The first-order valence-corrected chi connectivity index (χ1v) is 6.92. The van der Waals surface area contributed by atoms with Crippen LogP contribution < -0.4 is 0 Å². The topological polar surface area (TPSA) is 34.9 Å². The van der Waals surface area contributed by atoms with E-state index in [1.54, 1.807) is 11.8 Å². The van der Waals surface area contributed by atoms with E-state index in [0.717, 1.165) is 23.4 Å². The molecule has 1 aromatic heterocycles. The van der Waals surface area contributed by atoms with Gasteiger partial charge in [0.05, 0.1) is 17.0 Å². The van der Waals surface area contributed by atoms with Gasteiger partial charge in [0.15, 0.2) is 0 Å². The molecule has 1 aliphatic rings. The average molecular weight is 246 g/mol. The number of ketones is 1. The molecule has 0 bridgehead atoms. The summed E-state index contributed by atoms with van der Waals surface area (Å²) in [5.41, 5.74) is 2.20. The Balaban J connectivity index is 1.97. The number of aryl methyl sites for hydroxylation is 1. The van der Waals surface area contributed by atoms with Gasteiger partial charge in [-0.1, -0.05) is 18.2 Å². The second kappa shape index (κ2) is 4.18. The lowest BCUT2D eigenvalue weighted by atomic mass is 10.00. The zero-order valence-electron chi connectivity index (χ0n) is 9.72. The highest BCUT2D eigenvalue weighted by Crippen LogP contribution is 2.26. The fourth-order valence-corrected chi connectivity index (χ4v) is 3.50. The van der Waals surface area contributed by atoms with Crippen LogP contribution in [0.3, 0.4) is 0 Å². The number of nitrogens with zero attached hydrogens (tertiary/aromatic N) is 2. The summed E-state index contributed by atoms with van der Waals surface area (Å²) in [4.78, 5) is 11.7. The molecular weight excluding hydrogens is 232 g/mol. The van der Waals surface area contributed by atoms with Crippen molar-refractivity contribution in [2.75, 3.05) is 11.5 Å². The lowest BCUT2D eigenvalue weighted by Crippen LogP contribution is -2.14. The van der Waals surface area contributed by atoms with Gasteiger partial charge in [-0.15, -0.1) is 0 Å². The second-order valence-electron chi connectivity index (χ2n) is 4.47. The van der Waals surface area contributed by atoms with Gasteiger partial charge in [-0.2, -0.15) is 16.9 Å². The molecule has 0 N–H and O–H groups in total. The van der Waals surface area contributed by atoms with Crippen LogP contribution in [-0.2, 0) is 18.3 Å². The van der Waals surface area contributed by atoms with E-state index in [1.165, 1.54) is 5.39 Å². The zero-order valence-corrected chi connectivity index (χ0v) is 10.5. The fourth-order valence-electron chi connectivity index (χ4n) is 2.36. The van der Waals surface area contributed by atoms with Gasteiger partial charge in [0, 0.05) is 30.5 Å². The largest absolute Gasteiger partial charge is 0.298 e.